The van der Waals surface area contributed by atoms with E-state index in [1.807, 2.05) is 71.8 Å². The van der Waals surface area contributed by atoms with Crippen LogP contribution in [0.2, 0.25) is 0 Å². The van der Waals surface area contributed by atoms with Gasteiger partial charge in [0.05, 0.1) is 19.5 Å². The third-order valence-electron chi connectivity index (χ3n) is 5.63. The Bertz CT molecular complexity index is 1090. The summed E-state index contributed by atoms with van der Waals surface area (Å²) in [5, 5.41) is 9.30. The SMILES string of the molecule is CCN(Cc1ccccc1)C(=O)C(C)Sc1nnc(-c2ccc(OC)c(OC)c2)n1CCCOC. The maximum Gasteiger partial charge on any atom is 0.236 e. The van der Waals surface area contributed by atoms with Gasteiger partial charge in [0, 0.05) is 38.9 Å². The number of amides is 1. The Morgan fingerprint density at radius 2 is 1.80 bits per heavy atom. The number of nitrogens with zero attached hydrogens (tertiary/aromatic N) is 4. The van der Waals surface area contributed by atoms with Crippen LogP contribution < -0.4 is 9.47 Å². The van der Waals surface area contributed by atoms with Crippen molar-refractivity contribution in [3.05, 3.63) is 54.1 Å². The zero-order valence-corrected chi connectivity index (χ0v) is 21.9. The average molecular weight is 499 g/mol. The van der Waals surface area contributed by atoms with Crippen LogP contribution >= 0.6 is 11.8 Å². The highest BCUT2D eigenvalue weighted by Crippen LogP contribution is 2.34. The molecular formula is C26H34N4O4S. The summed E-state index contributed by atoms with van der Waals surface area (Å²) in [6.07, 6.45) is 0.791. The van der Waals surface area contributed by atoms with Gasteiger partial charge in [0.15, 0.2) is 22.5 Å². The first kappa shape index (κ1) is 26.6. The Labute approximate surface area is 211 Å². The van der Waals surface area contributed by atoms with Crippen LogP contribution in [0.3, 0.4) is 0 Å². The summed E-state index contributed by atoms with van der Waals surface area (Å²) in [5.41, 5.74) is 1.97. The minimum atomic E-state index is -0.317. The summed E-state index contributed by atoms with van der Waals surface area (Å²) >= 11 is 1.43. The second-order valence-electron chi connectivity index (χ2n) is 7.97. The van der Waals surface area contributed by atoms with Crippen molar-refractivity contribution >= 4 is 17.7 Å². The molecule has 0 saturated carbocycles. The van der Waals surface area contributed by atoms with Crippen molar-refractivity contribution in [2.45, 2.75) is 43.8 Å². The van der Waals surface area contributed by atoms with Gasteiger partial charge in [-0.1, -0.05) is 42.1 Å². The standard InChI is InChI=1S/C26H34N4O4S/c1-6-29(18-20-11-8-7-9-12-20)25(31)19(2)35-26-28-27-24(30(26)15-10-16-32-3)21-13-14-22(33-4)23(17-21)34-5/h7-9,11-14,17,19H,6,10,15-16,18H2,1-5H3. The van der Waals surface area contributed by atoms with Gasteiger partial charge in [-0.3, -0.25) is 4.79 Å². The van der Waals surface area contributed by atoms with E-state index in [-0.39, 0.29) is 11.2 Å². The summed E-state index contributed by atoms with van der Waals surface area (Å²) in [5.74, 6) is 2.04. The quantitative estimate of drug-likeness (QED) is 0.253. The van der Waals surface area contributed by atoms with E-state index in [0.29, 0.717) is 48.7 Å². The summed E-state index contributed by atoms with van der Waals surface area (Å²) in [7, 11) is 4.90. The molecule has 188 valence electrons. The molecule has 1 atom stereocenters. The normalized spacial score (nSPS) is 11.8. The lowest BCUT2D eigenvalue weighted by atomic mass is 10.2. The van der Waals surface area contributed by atoms with Crippen LogP contribution in [0.25, 0.3) is 11.4 Å². The number of hydrogen-bond acceptors (Lipinski definition) is 7. The number of ether oxygens (including phenoxy) is 3. The maximum absolute atomic E-state index is 13.3. The molecule has 0 bridgehead atoms. The molecule has 0 saturated heterocycles. The molecule has 1 unspecified atom stereocenters. The predicted octanol–water partition coefficient (Wildman–Crippen LogP) is 4.53. The fourth-order valence-corrected chi connectivity index (χ4v) is 4.71. The third kappa shape index (κ3) is 6.76. The van der Waals surface area contributed by atoms with E-state index >= 15 is 0 Å². The number of hydrogen-bond donors (Lipinski definition) is 0. The van der Waals surface area contributed by atoms with Crippen LogP contribution in [0.5, 0.6) is 11.5 Å². The van der Waals surface area contributed by atoms with Crippen molar-refractivity contribution in [1.29, 1.82) is 0 Å². The van der Waals surface area contributed by atoms with Crippen molar-refractivity contribution in [3.63, 3.8) is 0 Å². The topological polar surface area (TPSA) is 78.7 Å². The van der Waals surface area contributed by atoms with Gasteiger partial charge >= 0.3 is 0 Å². The first-order valence-electron chi connectivity index (χ1n) is 11.7. The Balaban J connectivity index is 1.84. The van der Waals surface area contributed by atoms with Gasteiger partial charge in [-0.15, -0.1) is 10.2 Å². The molecule has 1 amide bonds. The summed E-state index contributed by atoms with van der Waals surface area (Å²) in [4.78, 5) is 15.2. The molecule has 1 heterocycles. The number of benzene rings is 2. The average Bonchev–Trinajstić information content (AvgIpc) is 3.29. The first-order chi connectivity index (χ1) is 17.0. The highest BCUT2D eigenvalue weighted by atomic mass is 32.2. The van der Waals surface area contributed by atoms with Gasteiger partial charge in [0.25, 0.3) is 0 Å². The van der Waals surface area contributed by atoms with E-state index in [9.17, 15) is 4.79 Å². The van der Waals surface area contributed by atoms with Gasteiger partial charge in [-0.25, -0.2) is 0 Å². The molecule has 8 nitrogen and oxygen atoms in total. The van der Waals surface area contributed by atoms with Gasteiger partial charge in [-0.2, -0.15) is 0 Å². The largest absolute Gasteiger partial charge is 0.493 e. The molecule has 0 spiro atoms. The molecule has 0 aliphatic carbocycles. The van der Waals surface area contributed by atoms with E-state index < -0.39 is 0 Å². The van der Waals surface area contributed by atoms with Crippen molar-refractivity contribution in [1.82, 2.24) is 19.7 Å². The number of rotatable bonds is 13. The van der Waals surface area contributed by atoms with E-state index in [0.717, 1.165) is 17.5 Å². The zero-order valence-electron chi connectivity index (χ0n) is 21.1. The lowest BCUT2D eigenvalue weighted by Crippen LogP contribution is -2.36. The number of methoxy groups -OCH3 is 3. The molecule has 0 N–H and O–H groups in total. The van der Waals surface area contributed by atoms with E-state index in [1.165, 1.54) is 11.8 Å². The smallest absolute Gasteiger partial charge is 0.236 e. The van der Waals surface area contributed by atoms with Gasteiger partial charge < -0.3 is 23.7 Å². The lowest BCUT2D eigenvalue weighted by Gasteiger charge is -2.24. The molecule has 2 aromatic carbocycles. The fourth-order valence-electron chi connectivity index (χ4n) is 3.75. The van der Waals surface area contributed by atoms with E-state index in [4.69, 9.17) is 14.2 Å². The Kier molecular flexibility index (Phi) is 9.98. The lowest BCUT2D eigenvalue weighted by molar-refractivity contribution is -0.130. The number of thioether (sulfide) groups is 1. The molecule has 0 aliphatic rings. The molecule has 0 aliphatic heterocycles. The predicted molar refractivity (Wildman–Crippen MR) is 138 cm³/mol. The highest BCUT2D eigenvalue weighted by molar-refractivity contribution is 8.00. The number of carbonyl (C=O) groups excluding carboxylic acids is 1. The van der Waals surface area contributed by atoms with Crippen LogP contribution in [0, 0.1) is 0 Å². The Morgan fingerprint density at radius 1 is 1.06 bits per heavy atom. The molecule has 3 rings (SSSR count). The molecule has 0 radical (unpaired) electrons. The maximum atomic E-state index is 13.3. The number of aromatic nitrogens is 3. The van der Waals surface area contributed by atoms with E-state index in [1.54, 1.807) is 21.3 Å². The monoisotopic (exact) mass is 498 g/mol. The van der Waals surface area contributed by atoms with Crippen LogP contribution in [0.4, 0.5) is 0 Å². The van der Waals surface area contributed by atoms with Crippen LogP contribution in [0.1, 0.15) is 25.8 Å². The summed E-state index contributed by atoms with van der Waals surface area (Å²) < 4.78 is 18.1. The van der Waals surface area contributed by atoms with Crippen LogP contribution in [0.15, 0.2) is 53.7 Å². The molecular weight excluding hydrogens is 464 g/mol. The number of carbonyl (C=O) groups is 1. The highest BCUT2D eigenvalue weighted by Gasteiger charge is 2.24. The minimum Gasteiger partial charge on any atom is -0.493 e. The second-order valence-corrected chi connectivity index (χ2v) is 9.28. The summed E-state index contributed by atoms with van der Waals surface area (Å²) in [6.45, 7) is 6.41. The van der Waals surface area contributed by atoms with Crippen molar-refractivity contribution < 1.29 is 19.0 Å². The second kappa shape index (κ2) is 13.2. The molecule has 3 aromatic rings. The van der Waals surface area contributed by atoms with Crippen molar-refractivity contribution in [2.75, 3.05) is 34.5 Å². The summed E-state index contributed by atoms with van der Waals surface area (Å²) in [6, 6.07) is 15.7. The van der Waals surface area contributed by atoms with Crippen molar-refractivity contribution in [2.24, 2.45) is 0 Å². The third-order valence-corrected chi connectivity index (χ3v) is 6.70. The zero-order chi connectivity index (χ0) is 25.2. The molecule has 1 aromatic heterocycles. The first-order valence-corrected chi connectivity index (χ1v) is 12.5. The van der Waals surface area contributed by atoms with E-state index in [2.05, 4.69) is 10.2 Å². The molecule has 35 heavy (non-hydrogen) atoms. The molecule has 0 fully saturated rings. The van der Waals surface area contributed by atoms with Gasteiger partial charge in [0.2, 0.25) is 5.91 Å². The Hall–Kier alpha value is -3.04. The minimum absolute atomic E-state index is 0.0699. The van der Waals surface area contributed by atoms with Gasteiger partial charge in [0.1, 0.15) is 0 Å². The van der Waals surface area contributed by atoms with Crippen LogP contribution in [-0.2, 0) is 22.6 Å². The fraction of sp³-hybridized carbons (Fsp3) is 0.423. The molecule has 9 heteroatoms. The van der Waals surface area contributed by atoms with Gasteiger partial charge in [-0.05, 0) is 44.0 Å². The van der Waals surface area contributed by atoms with Crippen LogP contribution in [-0.4, -0.2) is 65.3 Å². The van der Waals surface area contributed by atoms with Crippen molar-refractivity contribution in [3.8, 4) is 22.9 Å². The Morgan fingerprint density at radius 3 is 2.46 bits per heavy atom.